The largest absolute Gasteiger partial charge is 0.495 e. The summed E-state index contributed by atoms with van der Waals surface area (Å²) in [6.45, 7) is 1.05. The molecule has 0 saturated carbocycles. The van der Waals surface area contributed by atoms with Gasteiger partial charge >= 0.3 is 0 Å². The predicted octanol–water partition coefficient (Wildman–Crippen LogP) is 3.42. The molecular weight excluding hydrogens is 304 g/mol. The van der Waals surface area contributed by atoms with Gasteiger partial charge in [0.15, 0.2) is 0 Å². The standard InChI is InChI=1S/C16H25ClN2O3/c1-19(2)9-7-5-6-8-16(20)18-13-10-12(17)14(21-3)11-15(13)22-4/h10-11H,5-9H2,1-4H3,(H,18,20). The average molecular weight is 329 g/mol. The Morgan fingerprint density at radius 3 is 2.41 bits per heavy atom. The van der Waals surface area contributed by atoms with E-state index in [1.807, 2.05) is 14.1 Å². The van der Waals surface area contributed by atoms with E-state index in [4.69, 9.17) is 21.1 Å². The van der Waals surface area contributed by atoms with Crippen molar-refractivity contribution in [1.82, 2.24) is 4.90 Å². The van der Waals surface area contributed by atoms with Crippen LogP contribution in [0, 0.1) is 0 Å². The van der Waals surface area contributed by atoms with Gasteiger partial charge in [-0.05, 0) is 39.5 Å². The van der Waals surface area contributed by atoms with Crippen LogP contribution >= 0.6 is 11.6 Å². The molecule has 22 heavy (non-hydrogen) atoms. The molecule has 5 nitrogen and oxygen atoms in total. The second-order valence-corrected chi connectivity index (χ2v) is 5.76. The van der Waals surface area contributed by atoms with Crippen molar-refractivity contribution in [2.45, 2.75) is 25.7 Å². The molecule has 0 atom stereocenters. The van der Waals surface area contributed by atoms with Gasteiger partial charge < -0.3 is 19.7 Å². The van der Waals surface area contributed by atoms with Gasteiger partial charge in [-0.3, -0.25) is 4.79 Å². The number of rotatable bonds is 9. The maximum Gasteiger partial charge on any atom is 0.224 e. The van der Waals surface area contributed by atoms with Crippen LogP contribution in [0.4, 0.5) is 5.69 Å². The van der Waals surface area contributed by atoms with E-state index in [1.165, 1.54) is 7.11 Å². The van der Waals surface area contributed by atoms with E-state index in [-0.39, 0.29) is 5.91 Å². The number of nitrogens with zero attached hydrogens (tertiary/aromatic N) is 1. The Balaban J connectivity index is 2.52. The van der Waals surface area contributed by atoms with Crippen molar-refractivity contribution < 1.29 is 14.3 Å². The second-order valence-electron chi connectivity index (χ2n) is 5.35. The minimum atomic E-state index is -0.0376. The van der Waals surface area contributed by atoms with E-state index in [0.29, 0.717) is 28.6 Å². The number of anilines is 1. The minimum Gasteiger partial charge on any atom is -0.495 e. The summed E-state index contributed by atoms with van der Waals surface area (Å²) in [5, 5.41) is 3.27. The number of nitrogens with one attached hydrogen (secondary N) is 1. The van der Waals surface area contributed by atoms with Crippen LogP contribution in [0.5, 0.6) is 11.5 Å². The topological polar surface area (TPSA) is 50.8 Å². The zero-order valence-corrected chi connectivity index (χ0v) is 14.5. The first-order valence-corrected chi connectivity index (χ1v) is 7.71. The van der Waals surface area contributed by atoms with Crippen LogP contribution in [0.15, 0.2) is 12.1 Å². The number of carbonyl (C=O) groups excluding carboxylic acids is 1. The number of methoxy groups -OCH3 is 2. The lowest BCUT2D eigenvalue weighted by Crippen LogP contribution is -2.14. The van der Waals surface area contributed by atoms with E-state index in [9.17, 15) is 4.79 Å². The summed E-state index contributed by atoms with van der Waals surface area (Å²) < 4.78 is 10.4. The molecule has 0 aliphatic carbocycles. The zero-order valence-electron chi connectivity index (χ0n) is 13.7. The molecule has 0 aliphatic rings. The Labute approximate surface area is 137 Å². The lowest BCUT2D eigenvalue weighted by Gasteiger charge is -2.13. The highest BCUT2D eigenvalue weighted by Crippen LogP contribution is 2.35. The number of halogens is 1. The van der Waals surface area contributed by atoms with Gasteiger partial charge in [-0.25, -0.2) is 0 Å². The molecule has 1 N–H and O–H groups in total. The molecule has 0 aliphatic heterocycles. The van der Waals surface area contributed by atoms with Gasteiger partial charge in [0.05, 0.1) is 24.9 Å². The second kappa shape index (κ2) is 9.54. The van der Waals surface area contributed by atoms with Gasteiger partial charge in [0.25, 0.3) is 0 Å². The summed E-state index contributed by atoms with van der Waals surface area (Å²) >= 11 is 6.08. The number of benzene rings is 1. The van der Waals surface area contributed by atoms with Crippen molar-refractivity contribution in [2.75, 3.05) is 40.2 Å². The number of hydrogen-bond donors (Lipinski definition) is 1. The molecule has 0 spiro atoms. The maximum atomic E-state index is 12.0. The van der Waals surface area contributed by atoms with Crippen molar-refractivity contribution in [3.05, 3.63) is 17.2 Å². The van der Waals surface area contributed by atoms with Crippen LogP contribution in [0.3, 0.4) is 0 Å². The highest BCUT2D eigenvalue weighted by Gasteiger charge is 2.12. The molecule has 1 rings (SSSR count). The first-order chi connectivity index (χ1) is 10.5. The molecule has 124 valence electrons. The molecular formula is C16H25ClN2O3. The monoisotopic (exact) mass is 328 g/mol. The number of unbranched alkanes of at least 4 members (excludes halogenated alkanes) is 2. The molecule has 0 bridgehead atoms. The Morgan fingerprint density at radius 1 is 1.14 bits per heavy atom. The fourth-order valence-corrected chi connectivity index (χ4v) is 2.30. The Kier molecular flexibility index (Phi) is 8.06. The number of amides is 1. The summed E-state index contributed by atoms with van der Waals surface area (Å²) in [4.78, 5) is 14.1. The van der Waals surface area contributed by atoms with Gasteiger partial charge in [0, 0.05) is 12.5 Å². The SMILES string of the molecule is COc1cc(OC)c(NC(=O)CCCCCN(C)C)cc1Cl. The lowest BCUT2D eigenvalue weighted by molar-refractivity contribution is -0.116. The summed E-state index contributed by atoms with van der Waals surface area (Å²) in [6.07, 6.45) is 3.48. The maximum absolute atomic E-state index is 12.0. The molecule has 1 aromatic carbocycles. The van der Waals surface area contributed by atoms with E-state index in [1.54, 1.807) is 19.2 Å². The number of hydrogen-bond acceptors (Lipinski definition) is 4. The third-order valence-electron chi connectivity index (χ3n) is 3.26. The quantitative estimate of drug-likeness (QED) is 0.706. The smallest absolute Gasteiger partial charge is 0.224 e. The highest BCUT2D eigenvalue weighted by atomic mass is 35.5. The third kappa shape index (κ3) is 6.12. The fourth-order valence-electron chi connectivity index (χ4n) is 2.06. The molecule has 1 aromatic rings. The molecule has 1 amide bonds. The van der Waals surface area contributed by atoms with Crippen molar-refractivity contribution in [1.29, 1.82) is 0 Å². The molecule has 0 saturated heterocycles. The zero-order chi connectivity index (χ0) is 16.5. The van der Waals surface area contributed by atoms with Crippen molar-refractivity contribution in [2.24, 2.45) is 0 Å². The Bertz CT molecular complexity index is 493. The summed E-state index contributed by atoms with van der Waals surface area (Å²) in [5.74, 6) is 1.01. The van der Waals surface area contributed by atoms with Crippen LogP contribution in [0.1, 0.15) is 25.7 Å². The normalized spacial score (nSPS) is 10.6. The molecule has 0 heterocycles. The van der Waals surface area contributed by atoms with Crippen LogP contribution in [-0.4, -0.2) is 45.7 Å². The lowest BCUT2D eigenvalue weighted by atomic mass is 10.1. The van der Waals surface area contributed by atoms with Crippen molar-refractivity contribution >= 4 is 23.2 Å². The highest BCUT2D eigenvalue weighted by molar-refractivity contribution is 6.32. The van der Waals surface area contributed by atoms with Gasteiger partial charge in [-0.15, -0.1) is 0 Å². The average Bonchev–Trinajstić information content (AvgIpc) is 2.47. The fraction of sp³-hybridized carbons (Fsp3) is 0.562. The predicted molar refractivity (Wildman–Crippen MR) is 90.2 cm³/mol. The van der Waals surface area contributed by atoms with E-state index < -0.39 is 0 Å². The first kappa shape index (κ1) is 18.6. The molecule has 6 heteroatoms. The van der Waals surface area contributed by atoms with E-state index >= 15 is 0 Å². The summed E-state index contributed by atoms with van der Waals surface area (Å²) in [5.41, 5.74) is 0.562. The van der Waals surface area contributed by atoms with Crippen LogP contribution in [-0.2, 0) is 4.79 Å². The molecule has 0 fully saturated rings. The van der Waals surface area contributed by atoms with Gasteiger partial charge in [0.2, 0.25) is 5.91 Å². The minimum absolute atomic E-state index is 0.0376. The van der Waals surface area contributed by atoms with Crippen molar-refractivity contribution in [3.8, 4) is 11.5 Å². The molecule has 0 aromatic heterocycles. The van der Waals surface area contributed by atoms with Crippen LogP contribution in [0.2, 0.25) is 5.02 Å². The van der Waals surface area contributed by atoms with Crippen LogP contribution < -0.4 is 14.8 Å². The van der Waals surface area contributed by atoms with E-state index in [2.05, 4.69) is 10.2 Å². The summed E-state index contributed by atoms with van der Waals surface area (Å²) in [7, 11) is 7.17. The van der Waals surface area contributed by atoms with Gasteiger partial charge in [-0.2, -0.15) is 0 Å². The van der Waals surface area contributed by atoms with E-state index in [0.717, 1.165) is 25.8 Å². The Hall–Kier alpha value is -1.46. The Morgan fingerprint density at radius 2 is 1.82 bits per heavy atom. The summed E-state index contributed by atoms with van der Waals surface area (Å²) in [6, 6.07) is 3.30. The van der Waals surface area contributed by atoms with Gasteiger partial charge in [0.1, 0.15) is 11.5 Å². The number of carbonyl (C=O) groups is 1. The van der Waals surface area contributed by atoms with Gasteiger partial charge in [-0.1, -0.05) is 18.0 Å². The van der Waals surface area contributed by atoms with Crippen molar-refractivity contribution in [3.63, 3.8) is 0 Å². The van der Waals surface area contributed by atoms with Crippen LogP contribution in [0.25, 0.3) is 0 Å². The third-order valence-corrected chi connectivity index (χ3v) is 3.55. The number of ether oxygens (including phenoxy) is 2. The molecule has 0 unspecified atom stereocenters. The molecule has 0 radical (unpaired) electrons. The first-order valence-electron chi connectivity index (χ1n) is 7.34.